The van der Waals surface area contributed by atoms with Crippen molar-refractivity contribution in [2.75, 3.05) is 32.1 Å². The molecule has 0 spiro atoms. The smallest absolute Gasteiger partial charge is 0.233 e. The van der Waals surface area contributed by atoms with Gasteiger partial charge in [-0.1, -0.05) is 30.0 Å². The van der Waals surface area contributed by atoms with Crippen molar-refractivity contribution in [2.45, 2.75) is 32.2 Å². The summed E-state index contributed by atoms with van der Waals surface area (Å²) in [6, 6.07) is 7.89. The van der Waals surface area contributed by atoms with Crippen molar-refractivity contribution in [3.8, 4) is 5.75 Å². The molecule has 0 aliphatic carbocycles. The third-order valence-corrected chi connectivity index (χ3v) is 5.20. The van der Waals surface area contributed by atoms with Crippen molar-refractivity contribution in [1.29, 1.82) is 0 Å². The van der Waals surface area contributed by atoms with Crippen LogP contribution < -0.4 is 4.74 Å². The van der Waals surface area contributed by atoms with Gasteiger partial charge in [0.2, 0.25) is 5.91 Å². The van der Waals surface area contributed by atoms with Crippen LogP contribution in [0, 0.1) is 6.92 Å². The molecule has 0 atom stereocenters. The topological polar surface area (TPSA) is 69.5 Å². The van der Waals surface area contributed by atoms with E-state index in [4.69, 9.17) is 9.47 Å². The Bertz CT molecular complexity index is 744. The number of aryl methyl sites for hydroxylation is 1. The van der Waals surface area contributed by atoms with E-state index in [9.17, 15) is 4.79 Å². The van der Waals surface area contributed by atoms with Crippen LogP contribution >= 0.6 is 11.8 Å². The van der Waals surface area contributed by atoms with E-state index in [0.717, 1.165) is 28.8 Å². The van der Waals surface area contributed by atoms with E-state index in [0.29, 0.717) is 38.7 Å². The number of hydrogen-bond donors (Lipinski definition) is 0. The number of aromatic nitrogens is 3. The number of thioether (sulfide) groups is 1. The zero-order valence-corrected chi connectivity index (χ0v) is 16.0. The van der Waals surface area contributed by atoms with Crippen molar-refractivity contribution in [3.05, 3.63) is 35.7 Å². The minimum absolute atomic E-state index is 0.113. The van der Waals surface area contributed by atoms with Gasteiger partial charge in [-0.15, -0.1) is 10.2 Å². The molecule has 0 radical (unpaired) electrons. The predicted octanol–water partition coefficient (Wildman–Crippen LogP) is 2.14. The van der Waals surface area contributed by atoms with Crippen LogP contribution in [-0.2, 0) is 22.7 Å². The summed E-state index contributed by atoms with van der Waals surface area (Å²) in [5.74, 6) is 2.07. The second-order valence-corrected chi connectivity index (χ2v) is 6.92. The molecule has 1 saturated heterocycles. The van der Waals surface area contributed by atoms with Crippen molar-refractivity contribution >= 4 is 17.7 Å². The number of hydrogen-bond acceptors (Lipinski definition) is 6. The minimum atomic E-state index is 0.113. The lowest BCUT2D eigenvalue weighted by Gasteiger charge is -2.26. The molecule has 140 valence electrons. The Morgan fingerprint density at radius 1 is 1.27 bits per heavy atom. The first-order valence-corrected chi connectivity index (χ1v) is 9.76. The maximum atomic E-state index is 12.3. The highest BCUT2D eigenvalue weighted by Gasteiger charge is 2.19. The third-order valence-electron chi connectivity index (χ3n) is 4.25. The number of benzene rings is 1. The van der Waals surface area contributed by atoms with Crippen LogP contribution in [0.3, 0.4) is 0 Å². The normalized spacial score (nSPS) is 14.5. The fraction of sp³-hybridized carbons (Fsp3) is 0.500. The molecule has 2 heterocycles. The molecular weight excluding hydrogens is 352 g/mol. The first kappa shape index (κ1) is 18.7. The molecule has 1 aliphatic heterocycles. The number of amides is 1. The Balaban J connectivity index is 1.59. The molecule has 0 unspecified atom stereocenters. The van der Waals surface area contributed by atoms with E-state index in [1.807, 2.05) is 47.6 Å². The number of nitrogens with zero attached hydrogens (tertiary/aromatic N) is 4. The molecule has 0 N–H and O–H groups in total. The molecule has 1 fully saturated rings. The molecule has 0 saturated carbocycles. The zero-order valence-electron chi connectivity index (χ0n) is 15.2. The highest BCUT2D eigenvalue weighted by Crippen LogP contribution is 2.21. The Labute approximate surface area is 157 Å². The van der Waals surface area contributed by atoms with Gasteiger partial charge < -0.3 is 18.9 Å². The van der Waals surface area contributed by atoms with Crippen LogP contribution in [0.2, 0.25) is 0 Å². The SMILES string of the molecule is CCn1c(COc2ccccc2C)nnc1SCC(=O)N1CCOCC1. The summed E-state index contributed by atoms with van der Waals surface area (Å²) in [6.07, 6.45) is 0. The summed E-state index contributed by atoms with van der Waals surface area (Å²) in [7, 11) is 0. The van der Waals surface area contributed by atoms with Crippen LogP contribution in [0.15, 0.2) is 29.4 Å². The number of carbonyl (C=O) groups is 1. The van der Waals surface area contributed by atoms with Crippen molar-refractivity contribution in [1.82, 2.24) is 19.7 Å². The average molecular weight is 376 g/mol. The van der Waals surface area contributed by atoms with Crippen molar-refractivity contribution in [3.63, 3.8) is 0 Å². The van der Waals surface area contributed by atoms with Crippen LogP contribution in [0.1, 0.15) is 18.3 Å². The lowest BCUT2D eigenvalue weighted by molar-refractivity contribution is -0.132. The van der Waals surface area contributed by atoms with Gasteiger partial charge in [-0.05, 0) is 25.5 Å². The molecule has 1 amide bonds. The highest BCUT2D eigenvalue weighted by molar-refractivity contribution is 7.99. The first-order valence-electron chi connectivity index (χ1n) is 8.78. The molecule has 1 aromatic heterocycles. The quantitative estimate of drug-likeness (QED) is 0.690. The molecule has 7 nitrogen and oxygen atoms in total. The number of para-hydroxylation sites is 1. The molecule has 3 rings (SSSR count). The predicted molar refractivity (Wildman–Crippen MR) is 99.3 cm³/mol. The van der Waals surface area contributed by atoms with Gasteiger partial charge in [0.15, 0.2) is 11.0 Å². The van der Waals surface area contributed by atoms with E-state index in [2.05, 4.69) is 10.2 Å². The molecule has 26 heavy (non-hydrogen) atoms. The van der Waals surface area contributed by atoms with Crippen molar-refractivity contribution < 1.29 is 14.3 Å². The van der Waals surface area contributed by atoms with Gasteiger partial charge in [0.1, 0.15) is 12.4 Å². The maximum Gasteiger partial charge on any atom is 0.233 e. The summed E-state index contributed by atoms with van der Waals surface area (Å²) < 4.78 is 13.2. The van der Waals surface area contributed by atoms with Crippen molar-refractivity contribution in [2.24, 2.45) is 0 Å². The summed E-state index contributed by atoms with van der Waals surface area (Å²) in [6.45, 7) is 7.68. The molecular formula is C18H24N4O3S. The molecule has 1 aromatic carbocycles. The fourth-order valence-corrected chi connectivity index (χ4v) is 3.67. The maximum absolute atomic E-state index is 12.3. The van der Waals surface area contributed by atoms with Gasteiger partial charge in [0.25, 0.3) is 0 Å². The summed E-state index contributed by atoms with van der Waals surface area (Å²) in [5.41, 5.74) is 1.08. The van der Waals surface area contributed by atoms with Gasteiger partial charge in [-0.2, -0.15) is 0 Å². The van der Waals surface area contributed by atoms with E-state index in [-0.39, 0.29) is 5.91 Å². The van der Waals surface area contributed by atoms with Gasteiger partial charge in [-0.25, -0.2) is 0 Å². The van der Waals surface area contributed by atoms with E-state index in [1.54, 1.807) is 0 Å². The van der Waals surface area contributed by atoms with Crippen LogP contribution in [0.4, 0.5) is 0 Å². The molecule has 8 heteroatoms. The lowest BCUT2D eigenvalue weighted by atomic mass is 10.2. The monoisotopic (exact) mass is 376 g/mol. The molecule has 0 bridgehead atoms. The lowest BCUT2D eigenvalue weighted by Crippen LogP contribution is -2.41. The van der Waals surface area contributed by atoms with E-state index < -0.39 is 0 Å². The Morgan fingerprint density at radius 3 is 2.77 bits per heavy atom. The fourth-order valence-electron chi connectivity index (χ4n) is 2.74. The molecule has 2 aromatic rings. The number of carbonyl (C=O) groups excluding carboxylic acids is 1. The van der Waals surface area contributed by atoms with Gasteiger partial charge in [-0.3, -0.25) is 4.79 Å². The third kappa shape index (κ3) is 4.56. The largest absolute Gasteiger partial charge is 0.485 e. The van der Waals surface area contributed by atoms with Gasteiger partial charge in [0.05, 0.1) is 19.0 Å². The summed E-state index contributed by atoms with van der Waals surface area (Å²) in [4.78, 5) is 14.1. The van der Waals surface area contributed by atoms with E-state index in [1.165, 1.54) is 11.8 Å². The van der Waals surface area contributed by atoms with Crippen LogP contribution in [0.5, 0.6) is 5.75 Å². The Kier molecular flexibility index (Phi) is 6.51. The number of ether oxygens (including phenoxy) is 2. The minimum Gasteiger partial charge on any atom is -0.485 e. The first-order chi connectivity index (χ1) is 12.7. The second-order valence-electron chi connectivity index (χ2n) is 5.98. The number of rotatable bonds is 7. The number of morpholine rings is 1. The summed E-state index contributed by atoms with van der Waals surface area (Å²) >= 11 is 1.42. The second kappa shape index (κ2) is 9.05. The van der Waals surface area contributed by atoms with Gasteiger partial charge in [0, 0.05) is 19.6 Å². The average Bonchev–Trinajstić information content (AvgIpc) is 3.08. The Hall–Kier alpha value is -2.06. The van der Waals surface area contributed by atoms with Crippen LogP contribution in [0.25, 0.3) is 0 Å². The zero-order chi connectivity index (χ0) is 18.4. The van der Waals surface area contributed by atoms with Crippen LogP contribution in [-0.4, -0.2) is 57.6 Å². The van der Waals surface area contributed by atoms with Gasteiger partial charge >= 0.3 is 0 Å². The summed E-state index contributed by atoms with van der Waals surface area (Å²) in [5, 5.41) is 9.23. The molecule has 1 aliphatic rings. The standard InChI is InChI=1S/C18H24N4O3S/c1-3-22-16(12-25-15-7-5-4-6-14(15)2)19-20-18(22)26-13-17(23)21-8-10-24-11-9-21/h4-7H,3,8-13H2,1-2H3. The van der Waals surface area contributed by atoms with E-state index >= 15 is 0 Å². The highest BCUT2D eigenvalue weighted by atomic mass is 32.2. The Morgan fingerprint density at radius 2 is 2.04 bits per heavy atom.